The molecule has 1 saturated heterocycles. The summed E-state index contributed by atoms with van der Waals surface area (Å²) in [4.78, 5) is 55.5. The SMILES string of the molecule is CN(C)[C@@H]1C(=O)C(C(N)=O)=C(O)[C@@]2(O)C(=O)C3=C(O)c4c(O)c5c(c(F)c4C[C@H]3C[C@@H]12)CN1CCCC[C@H]1C(=O)N5. The van der Waals surface area contributed by atoms with Crippen LogP contribution in [0.4, 0.5) is 10.1 Å². The first-order valence-electron chi connectivity index (χ1n) is 13.6. The standard InChI is InChI=1S/C28H31FN4O8/c1-32(2)20-13-8-10-7-11-16(21(34)15(10)24(37)28(13,41)25(38)17(23(20)36)26(30)39)22(35)19-12(18(11)29)9-33-6-4-3-5-14(33)27(40)31-19/h10,13-14,20,34-35,38,41H,3-9H2,1-2H3,(H2,30,39)(H,31,40)/t10-,13-,14-,20-,28-/m0/s1. The summed E-state index contributed by atoms with van der Waals surface area (Å²) in [5.74, 6) is -9.31. The molecule has 5 atom stereocenters. The Kier molecular flexibility index (Phi) is 6.07. The minimum absolute atomic E-state index is 0.0560. The monoisotopic (exact) mass is 570 g/mol. The number of fused-ring (bicyclic) bond motifs is 5. The lowest BCUT2D eigenvalue weighted by Gasteiger charge is -2.50. The number of ketones is 2. The summed E-state index contributed by atoms with van der Waals surface area (Å²) in [5.41, 5.74) is 0.674. The molecule has 2 aliphatic heterocycles. The quantitative estimate of drug-likeness (QED) is 0.214. The number of piperidine rings is 1. The van der Waals surface area contributed by atoms with Crippen molar-refractivity contribution in [3.05, 3.63) is 39.4 Å². The molecule has 0 spiro atoms. The van der Waals surface area contributed by atoms with E-state index in [4.69, 9.17) is 5.73 Å². The summed E-state index contributed by atoms with van der Waals surface area (Å²) in [5, 5.41) is 47.9. The fourth-order valence-electron chi connectivity index (χ4n) is 7.56. The number of aliphatic hydroxyl groups excluding tert-OH is 2. The van der Waals surface area contributed by atoms with Gasteiger partial charge in [0.15, 0.2) is 17.1 Å². The molecule has 13 heteroatoms. The summed E-state index contributed by atoms with van der Waals surface area (Å²) in [7, 11) is 3.01. The van der Waals surface area contributed by atoms with Gasteiger partial charge in [-0.3, -0.25) is 29.0 Å². The van der Waals surface area contributed by atoms with Crippen LogP contribution in [0, 0.1) is 17.7 Å². The van der Waals surface area contributed by atoms with Gasteiger partial charge in [0.1, 0.15) is 22.9 Å². The highest BCUT2D eigenvalue weighted by Crippen LogP contribution is 2.54. The second-order valence-electron chi connectivity index (χ2n) is 11.8. The summed E-state index contributed by atoms with van der Waals surface area (Å²) < 4.78 is 16.3. The number of phenols is 1. The van der Waals surface area contributed by atoms with E-state index in [2.05, 4.69) is 5.32 Å². The largest absolute Gasteiger partial charge is 0.508 e. The molecule has 2 heterocycles. The molecule has 2 fully saturated rings. The molecule has 2 amide bonds. The van der Waals surface area contributed by atoms with E-state index in [9.17, 15) is 39.6 Å². The number of carbonyl (C=O) groups is 4. The van der Waals surface area contributed by atoms with Crippen molar-refractivity contribution in [1.82, 2.24) is 9.80 Å². The lowest BCUT2D eigenvalue weighted by molar-refractivity contribution is -0.153. The third-order valence-electron chi connectivity index (χ3n) is 9.45. The van der Waals surface area contributed by atoms with E-state index in [1.165, 1.54) is 19.0 Å². The highest BCUT2D eigenvalue weighted by Gasteiger charge is 2.64. The van der Waals surface area contributed by atoms with Crippen LogP contribution in [0.5, 0.6) is 5.75 Å². The maximum Gasteiger partial charge on any atom is 0.255 e. The fourth-order valence-corrected chi connectivity index (χ4v) is 7.56. The topological polar surface area (TPSA) is 194 Å². The fraction of sp³-hybridized carbons (Fsp3) is 0.500. The molecule has 0 unspecified atom stereocenters. The molecule has 12 nitrogen and oxygen atoms in total. The zero-order chi connectivity index (χ0) is 29.7. The average Bonchev–Trinajstić information content (AvgIpc) is 3.05. The Bertz CT molecular complexity index is 1520. The molecule has 1 saturated carbocycles. The number of phenolic OH excluding ortho intramolecular Hbond substituents is 1. The minimum Gasteiger partial charge on any atom is -0.508 e. The number of nitrogens with two attached hydrogens (primary N) is 1. The number of amides is 2. The normalized spacial score (nSPS) is 31.6. The van der Waals surface area contributed by atoms with Gasteiger partial charge in [-0.15, -0.1) is 0 Å². The minimum atomic E-state index is -2.79. The molecule has 1 aromatic rings. The predicted molar refractivity (Wildman–Crippen MR) is 141 cm³/mol. The van der Waals surface area contributed by atoms with Gasteiger partial charge in [0.2, 0.25) is 11.7 Å². The number of carbonyl (C=O) groups excluding carboxylic acids is 4. The first-order chi connectivity index (χ1) is 19.3. The van der Waals surface area contributed by atoms with Gasteiger partial charge in [-0.25, -0.2) is 4.39 Å². The Balaban J connectivity index is 1.54. The lowest BCUT2D eigenvalue weighted by Crippen LogP contribution is -2.65. The summed E-state index contributed by atoms with van der Waals surface area (Å²) in [6.45, 7) is 0.631. The van der Waals surface area contributed by atoms with Crippen molar-refractivity contribution in [2.45, 2.75) is 56.3 Å². The Labute approximate surface area is 233 Å². The van der Waals surface area contributed by atoms with Gasteiger partial charge in [-0.1, -0.05) is 6.42 Å². The van der Waals surface area contributed by atoms with Crippen LogP contribution >= 0.6 is 0 Å². The maximum absolute atomic E-state index is 16.3. The number of Topliss-reactive ketones (excluding diaryl/α,β-unsaturated/α-hetero) is 2. The molecule has 0 bridgehead atoms. The van der Waals surface area contributed by atoms with Crippen LogP contribution in [-0.2, 0) is 32.1 Å². The van der Waals surface area contributed by atoms with Crippen molar-refractivity contribution >= 4 is 34.8 Å². The number of aliphatic hydroxyl groups is 3. The smallest absolute Gasteiger partial charge is 0.255 e. The highest BCUT2D eigenvalue weighted by molar-refractivity contribution is 6.24. The number of anilines is 1. The zero-order valence-corrected chi connectivity index (χ0v) is 22.5. The molecule has 0 aromatic heterocycles. The van der Waals surface area contributed by atoms with Gasteiger partial charge in [-0.05, 0) is 52.2 Å². The number of primary amides is 1. The van der Waals surface area contributed by atoms with Crippen molar-refractivity contribution < 1.29 is 44.0 Å². The van der Waals surface area contributed by atoms with Crippen LogP contribution in [0.2, 0.25) is 0 Å². The molecule has 218 valence electrons. The van der Waals surface area contributed by atoms with E-state index in [-0.39, 0.29) is 41.8 Å². The van der Waals surface area contributed by atoms with Gasteiger partial charge in [0, 0.05) is 29.2 Å². The van der Waals surface area contributed by atoms with E-state index in [0.717, 1.165) is 12.8 Å². The van der Waals surface area contributed by atoms with Crippen LogP contribution in [0.1, 0.15) is 42.4 Å². The summed E-state index contributed by atoms with van der Waals surface area (Å²) in [6, 6.07) is -1.74. The number of halogens is 1. The first-order valence-corrected chi connectivity index (χ1v) is 13.6. The van der Waals surface area contributed by atoms with Crippen LogP contribution in [0.3, 0.4) is 0 Å². The second kappa shape index (κ2) is 9.10. The Morgan fingerprint density at radius 2 is 1.85 bits per heavy atom. The molecule has 3 aliphatic carbocycles. The number of hydrogen-bond donors (Lipinski definition) is 6. The van der Waals surface area contributed by atoms with E-state index in [1.807, 2.05) is 4.90 Å². The second-order valence-corrected chi connectivity index (χ2v) is 11.8. The molecular weight excluding hydrogens is 539 g/mol. The molecule has 5 aliphatic rings. The number of hydrogen-bond acceptors (Lipinski definition) is 10. The molecule has 6 rings (SSSR count). The van der Waals surface area contributed by atoms with Crippen molar-refractivity contribution in [2.75, 3.05) is 26.0 Å². The Morgan fingerprint density at radius 3 is 2.51 bits per heavy atom. The Hall–Kier alpha value is -3.81. The van der Waals surface area contributed by atoms with Crippen LogP contribution in [0.15, 0.2) is 16.9 Å². The number of benzene rings is 1. The number of rotatable bonds is 2. The zero-order valence-electron chi connectivity index (χ0n) is 22.5. The summed E-state index contributed by atoms with van der Waals surface area (Å²) >= 11 is 0. The molecular formula is C28H31FN4O8. The average molecular weight is 571 g/mol. The summed E-state index contributed by atoms with van der Waals surface area (Å²) in [6.07, 6.45) is 1.92. The number of aromatic hydroxyl groups is 1. The van der Waals surface area contributed by atoms with Crippen molar-refractivity contribution in [3.8, 4) is 5.75 Å². The number of nitrogens with zero attached hydrogens (tertiary/aromatic N) is 2. The number of nitrogens with one attached hydrogen (secondary N) is 1. The van der Waals surface area contributed by atoms with Crippen LogP contribution < -0.4 is 11.1 Å². The lowest BCUT2D eigenvalue weighted by atomic mass is 9.57. The third-order valence-corrected chi connectivity index (χ3v) is 9.45. The third kappa shape index (κ3) is 3.55. The predicted octanol–water partition coefficient (Wildman–Crippen LogP) is 0.410. The molecule has 7 N–H and O–H groups in total. The molecule has 1 aromatic carbocycles. The maximum atomic E-state index is 16.3. The van der Waals surface area contributed by atoms with Gasteiger partial charge in [0.05, 0.1) is 23.3 Å². The van der Waals surface area contributed by atoms with Gasteiger partial charge < -0.3 is 31.5 Å². The van der Waals surface area contributed by atoms with Crippen molar-refractivity contribution in [2.24, 2.45) is 17.6 Å². The van der Waals surface area contributed by atoms with E-state index in [0.29, 0.717) is 13.0 Å². The van der Waals surface area contributed by atoms with Crippen molar-refractivity contribution in [1.29, 1.82) is 0 Å². The van der Waals surface area contributed by atoms with Gasteiger partial charge in [-0.2, -0.15) is 0 Å². The van der Waals surface area contributed by atoms with Gasteiger partial charge >= 0.3 is 0 Å². The highest BCUT2D eigenvalue weighted by atomic mass is 19.1. The molecule has 0 radical (unpaired) electrons. The van der Waals surface area contributed by atoms with E-state index >= 15 is 4.39 Å². The van der Waals surface area contributed by atoms with Gasteiger partial charge in [0.25, 0.3) is 5.91 Å². The number of likely N-dealkylation sites (N-methyl/N-ethyl adjacent to an activating group) is 1. The van der Waals surface area contributed by atoms with Crippen LogP contribution in [-0.4, -0.2) is 91.9 Å². The van der Waals surface area contributed by atoms with E-state index in [1.54, 1.807) is 0 Å². The molecule has 41 heavy (non-hydrogen) atoms. The Morgan fingerprint density at radius 1 is 1.15 bits per heavy atom. The van der Waals surface area contributed by atoms with Crippen molar-refractivity contribution in [3.63, 3.8) is 0 Å². The first kappa shape index (κ1) is 27.4. The van der Waals surface area contributed by atoms with E-state index < -0.39 is 87.1 Å². The van der Waals surface area contributed by atoms with Crippen LogP contribution in [0.25, 0.3) is 5.76 Å².